The smallest absolute Gasteiger partial charge is 0.308 e. The summed E-state index contributed by atoms with van der Waals surface area (Å²) in [5, 5.41) is 0. The van der Waals surface area contributed by atoms with Crippen LogP contribution in [0.4, 0.5) is 0 Å². The molecular formula is C21H41IO7. The van der Waals surface area contributed by atoms with Gasteiger partial charge in [-0.1, -0.05) is 35.4 Å². The van der Waals surface area contributed by atoms with Gasteiger partial charge < -0.3 is 28.4 Å². The van der Waals surface area contributed by atoms with Gasteiger partial charge in [-0.3, -0.25) is 4.79 Å². The van der Waals surface area contributed by atoms with Gasteiger partial charge >= 0.3 is 5.97 Å². The second kappa shape index (κ2) is 21.2. The Bertz CT molecular complexity index is 361. The minimum absolute atomic E-state index is 0.247. The quantitative estimate of drug-likeness (QED) is 0.0964. The van der Waals surface area contributed by atoms with Gasteiger partial charge in [0.05, 0.1) is 65.9 Å². The highest BCUT2D eigenvalue weighted by molar-refractivity contribution is 14.1. The van der Waals surface area contributed by atoms with Gasteiger partial charge in [-0.2, -0.15) is 0 Å². The molecule has 0 unspecified atom stereocenters. The summed E-state index contributed by atoms with van der Waals surface area (Å²) in [5.41, 5.74) is -0.452. The van der Waals surface area contributed by atoms with Crippen LogP contribution in [-0.4, -0.2) is 82.1 Å². The van der Waals surface area contributed by atoms with E-state index in [4.69, 9.17) is 28.4 Å². The first-order valence-corrected chi connectivity index (χ1v) is 12.1. The molecule has 0 N–H and O–H groups in total. The number of carbonyl (C=O) groups excluding carboxylic acids is 1. The van der Waals surface area contributed by atoms with E-state index >= 15 is 0 Å². The third-order valence-electron chi connectivity index (χ3n) is 3.53. The van der Waals surface area contributed by atoms with Crippen molar-refractivity contribution in [1.29, 1.82) is 0 Å². The number of hydrogen-bond acceptors (Lipinski definition) is 7. The first kappa shape index (κ1) is 29.0. The van der Waals surface area contributed by atoms with E-state index in [0.717, 1.165) is 13.0 Å². The van der Waals surface area contributed by atoms with Crippen LogP contribution in [0.5, 0.6) is 0 Å². The van der Waals surface area contributed by atoms with E-state index in [1.807, 2.05) is 20.8 Å². The van der Waals surface area contributed by atoms with Crippen molar-refractivity contribution in [2.24, 2.45) is 0 Å². The summed E-state index contributed by atoms with van der Waals surface area (Å²) in [7, 11) is 0. The number of carbonyl (C=O) groups is 1. The van der Waals surface area contributed by atoms with E-state index in [0.29, 0.717) is 59.5 Å². The molecule has 0 radical (unpaired) electrons. The largest absolute Gasteiger partial charge is 0.460 e. The zero-order chi connectivity index (χ0) is 21.6. The van der Waals surface area contributed by atoms with E-state index < -0.39 is 5.60 Å². The summed E-state index contributed by atoms with van der Waals surface area (Å²) >= 11 is 2.41. The predicted molar refractivity (Wildman–Crippen MR) is 122 cm³/mol. The van der Waals surface area contributed by atoms with Crippen molar-refractivity contribution >= 4 is 28.6 Å². The lowest BCUT2D eigenvalue weighted by Gasteiger charge is -2.19. The predicted octanol–water partition coefficient (Wildman–Crippen LogP) is 3.80. The zero-order valence-corrected chi connectivity index (χ0v) is 20.7. The van der Waals surface area contributed by atoms with Gasteiger partial charge in [0, 0.05) is 6.61 Å². The molecule has 0 aliphatic heterocycles. The van der Waals surface area contributed by atoms with Crippen LogP contribution >= 0.6 is 22.6 Å². The number of ether oxygens (including phenoxy) is 6. The molecule has 29 heavy (non-hydrogen) atoms. The van der Waals surface area contributed by atoms with E-state index in [2.05, 4.69) is 22.6 Å². The topological polar surface area (TPSA) is 72.5 Å². The summed E-state index contributed by atoms with van der Waals surface area (Å²) < 4.78 is 33.6. The van der Waals surface area contributed by atoms with Crippen molar-refractivity contribution in [3.8, 4) is 0 Å². The molecule has 0 atom stereocenters. The summed E-state index contributed by atoms with van der Waals surface area (Å²) in [6.45, 7) is 11.0. The fourth-order valence-electron chi connectivity index (χ4n) is 2.18. The molecule has 0 aromatic carbocycles. The second-order valence-corrected chi connectivity index (χ2v) is 8.58. The summed E-state index contributed by atoms with van der Waals surface area (Å²) in [4.78, 5) is 11.5. The lowest BCUT2D eigenvalue weighted by atomic mass is 10.2. The minimum Gasteiger partial charge on any atom is -0.460 e. The van der Waals surface area contributed by atoms with Crippen molar-refractivity contribution in [3.05, 3.63) is 0 Å². The van der Waals surface area contributed by atoms with Crippen LogP contribution in [0.15, 0.2) is 0 Å². The van der Waals surface area contributed by atoms with Crippen LogP contribution in [0, 0.1) is 0 Å². The van der Waals surface area contributed by atoms with Crippen LogP contribution in [0.1, 0.15) is 52.9 Å². The number of halogens is 1. The van der Waals surface area contributed by atoms with Crippen LogP contribution in [0.25, 0.3) is 0 Å². The number of unbranched alkanes of at least 4 members (excludes halogenated alkanes) is 3. The van der Waals surface area contributed by atoms with Gasteiger partial charge in [-0.05, 0) is 38.0 Å². The maximum atomic E-state index is 11.5. The van der Waals surface area contributed by atoms with Crippen LogP contribution < -0.4 is 0 Å². The van der Waals surface area contributed by atoms with E-state index in [9.17, 15) is 4.79 Å². The molecule has 0 saturated carbocycles. The second-order valence-electron chi connectivity index (χ2n) is 7.50. The highest BCUT2D eigenvalue weighted by Gasteiger charge is 2.15. The van der Waals surface area contributed by atoms with Crippen molar-refractivity contribution < 1.29 is 33.2 Å². The van der Waals surface area contributed by atoms with Crippen molar-refractivity contribution in [3.63, 3.8) is 0 Å². The van der Waals surface area contributed by atoms with E-state index in [1.54, 1.807) is 0 Å². The lowest BCUT2D eigenvalue weighted by Crippen LogP contribution is -2.24. The fourth-order valence-corrected chi connectivity index (χ4v) is 2.72. The summed E-state index contributed by atoms with van der Waals surface area (Å²) in [6.07, 6.45) is 5.24. The van der Waals surface area contributed by atoms with Crippen molar-refractivity contribution in [2.75, 3.05) is 70.5 Å². The molecule has 174 valence electrons. The number of alkyl halides is 1. The maximum absolute atomic E-state index is 11.5. The molecule has 0 aromatic heterocycles. The molecule has 7 nitrogen and oxygen atoms in total. The van der Waals surface area contributed by atoms with Crippen LogP contribution in [0.3, 0.4) is 0 Å². The van der Waals surface area contributed by atoms with Crippen LogP contribution in [0.2, 0.25) is 0 Å². The summed E-state index contributed by atoms with van der Waals surface area (Å²) in [6, 6.07) is 0. The molecule has 0 aliphatic carbocycles. The molecule has 0 spiro atoms. The Morgan fingerprint density at radius 1 is 0.621 bits per heavy atom. The average Bonchev–Trinajstić information content (AvgIpc) is 2.65. The Balaban J connectivity index is 3.11. The number of rotatable bonds is 21. The molecule has 0 aromatic rings. The average molecular weight is 532 g/mol. The van der Waals surface area contributed by atoms with Crippen molar-refractivity contribution in [2.45, 2.75) is 58.5 Å². The molecular weight excluding hydrogens is 491 g/mol. The molecule has 0 rings (SSSR count). The summed E-state index contributed by atoms with van der Waals surface area (Å²) in [5.74, 6) is -0.247. The Hall–Kier alpha value is -0.000000000000000222. The number of esters is 1. The van der Waals surface area contributed by atoms with E-state index in [-0.39, 0.29) is 12.4 Å². The maximum Gasteiger partial charge on any atom is 0.308 e. The van der Waals surface area contributed by atoms with E-state index in [1.165, 1.54) is 23.7 Å². The minimum atomic E-state index is -0.452. The third kappa shape index (κ3) is 26.0. The van der Waals surface area contributed by atoms with Gasteiger partial charge in [0.2, 0.25) is 0 Å². The Morgan fingerprint density at radius 3 is 1.48 bits per heavy atom. The number of hydrogen-bond donors (Lipinski definition) is 0. The highest BCUT2D eigenvalue weighted by Crippen LogP contribution is 2.08. The normalized spacial score (nSPS) is 11.7. The fraction of sp³-hybridized carbons (Fsp3) is 0.952. The van der Waals surface area contributed by atoms with Gasteiger partial charge in [-0.15, -0.1) is 0 Å². The van der Waals surface area contributed by atoms with Gasteiger partial charge in [0.25, 0.3) is 0 Å². The van der Waals surface area contributed by atoms with Gasteiger partial charge in [0.15, 0.2) is 0 Å². The molecule has 8 heteroatoms. The molecule has 0 saturated heterocycles. The first-order valence-electron chi connectivity index (χ1n) is 10.6. The molecule has 0 aliphatic rings. The van der Waals surface area contributed by atoms with Gasteiger partial charge in [0.1, 0.15) is 5.60 Å². The van der Waals surface area contributed by atoms with Gasteiger partial charge in [-0.25, -0.2) is 0 Å². The molecule has 0 heterocycles. The molecule has 0 amide bonds. The Kier molecular flexibility index (Phi) is 21.2. The molecule has 0 bridgehead atoms. The highest BCUT2D eigenvalue weighted by atomic mass is 127. The Labute approximate surface area is 190 Å². The monoisotopic (exact) mass is 532 g/mol. The lowest BCUT2D eigenvalue weighted by molar-refractivity contribution is -0.156. The zero-order valence-electron chi connectivity index (χ0n) is 18.5. The van der Waals surface area contributed by atoms with Crippen molar-refractivity contribution in [1.82, 2.24) is 0 Å². The molecule has 0 fully saturated rings. The third-order valence-corrected chi connectivity index (χ3v) is 4.29. The SMILES string of the molecule is CC(C)(C)OC(=O)CCOCCOCCOCCOCCOCCCCCCI. The first-order chi connectivity index (χ1) is 14.0. The Morgan fingerprint density at radius 2 is 1.03 bits per heavy atom. The standard InChI is InChI=1S/C21H41IO7/c1-21(2,3)29-20(23)8-11-25-13-15-27-17-19-28-18-16-26-14-12-24-10-7-5-4-6-9-22/h4-19H2,1-3H3. The van der Waals surface area contributed by atoms with Crippen LogP contribution in [-0.2, 0) is 33.2 Å².